The molecule has 0 N–H and O–H groups in total. The minimum Gasteiger partial charge on any atom is -0.259 e. The van der Waals surface area contributed by atoms with Crippen LogP contribution in [0.4, 0.5) is 0 Å². The van der Waals surface area contributed by atoms with Crippen molar-refractivity contribution in [2.75, 3.05) is 0 Å². The summed E-state index contributed by atoms with van der Waals surface area (Å²) >= 11 is 0.881. The van der Waals surface area contributed by atoms with E-state index in [1.165, 1.54) is 0 Å². The van der Waals surface area contributed by atoms with Crippen molar-refractivity contribution >= 4 is 11.8 Å². The van der Waals surface area contributed by atoms with E-state index in [0.29, 0.717) is 17.7 Å². The van der Waals surface area contributed by atoms with Gasteiger partial charge >= 0.3 is 0 Å². The molecule has 0 aromatic rings. The molecule has 0 aromatic heterocycles. The van der Waals surface area contributed by atoms with Crippen LogP contribution in [0.5, 0.6) is 0 Å². The lowest BCUT2D eigenvalue weighted by Gasteiger charge is -1.99. The Bertz CT molecular complexity index is 242. The first kappa shape index (κ1) is 11.0. The van der Waals surface area contributed by atoms with Gasteiger partial charge in [0.15, 0.2) is 0 Å². The van der Waals surface area contributed by atoms with Crippen molar-refractivity contribution in [2.24, 2.45) is 0 Å². The highest BCUT2D eigenvalue weighted by atomic mass is 32.2. The van der Waals surface area contributed by atoms with Crippen LogP contribution in [-0.4, -0.2) is 4.92 Å². The molecule has 0 aromatic carbocycles. The molecule has 0 amide bonds. The highest BCUT2D eigenvalue weighted by Crippen LogP contribution is 2.24. The summed E-state index contributed by atoms with van der Waals surface area (Å²) in [5.41, 5.74) is 0.157. The second-order valence-electron chi connectivity index (χ2n) is 2.03. The molecular weight excluding hydrogens is 176 g/mol. The van der Waals surface area contributed by atoms with Crippen LogP contribution in [0.3, 0.4) is 0 Å². The van der Waals surface area contributed by atoms with Crippen molar-refractivity contribution in [3.63, 3.8) is 0 Å². The fourth-order valence-electron chi connectivity index (χ4n) is 0.818. The van der Waals surface area contributed by atoms with Crippen LogP contribution in [0, 0.1) is 20.8 Å². The van der Waals surface area contributed by atoms with Gasteiger partial charge in [-0.2, -0.15) is 5.26 Å². The first-order chi connectivity index (χ1) is 5.67. The summed E-state index contributed by atoms with van der Waals surface area (Å²) in [6.45, 7) is 3.52. The molecule has 0 spiro atoms. The summed E-state index contributed by atoms with van der Waals surface area (Å²) in [6.07, 6.45) is 0.910. The standard InChI is InChI=1S/C7H10N2O2S/c1-3-6(9(10)11)7(4-2)12-5-8/h3-4H2,1-2H3/b7-6+. The molecule has 0 saturated carbocycles. The van der Waals surface area contributed by atoms with Crippen molar-refractivity contribution in [2.45, 2.75) is 26.7 Å². The summed E-state index contributed by atoms with van der Waals surface area (Å²) in [7, 11) is 0. The maximum atomic E-state index is 10.4. The first-order valence-corrected chi connectivity index (χ1v) is 4.41. The molecule has 0 atom stereocenters. The maximum absolute atomic E-state index is 10.4. The number of hydrogen-bond donors (Lipinski definition) is 0. The van der Waals surface area contributed by atoms with E-state index in [1.54, 1.807) is 13.8 Å². The smallest absolute Gasteiger partial charge is 0.256 e. The Kier molecular flexibility index (Phi) is 5.13. The minimum atomic E-state index is -0.414. The maximum Gasteiger partial charge on any atom is 0.256 e. The van der Waals surface area contributed by atoms with Gasteiger partial charge in [0.2, 0.25) is 0 Å². The second-order valence-corrected chi connectivity index (χ2v) is 2.91. The predicted octanol–water partition coefficient (Wildman–Crippen LogP) is 2.51. The predicted molar refractivity (Wildman–Crippen MR) is 47.8 cm³/mol. The highest BCUT2D eigenvalue weighted by molar-refractivity contribution is 8.07. The third kappa shape index (κ3) is 2.93. The van der Waals surface area contributed by atoms with Crippen LogP contribution in [0.15, 0.2) is 10.6 Å². The fraction of sp³-hybridized carbons (Fsp3) is 0.571. The Morgan fingerprint density at radius 1 is 1.58 bits per heavy atom. The molecule has 0 aliphatic carbocycles. The van der Waals surface area contributed by atoms with Gasteiger partial charge < -0.3 is 0 Å². The van der Waals surface area contributed by atoms with E-state index >= 15 is 0 Å². The molecule has 0 saturated heterocycles. The number of hydrogen-bond acceptors (Lipinski definition) is 4. The molecule has 66 valence electrons. The first-order valence-electron chi connectivity index (χ1n) is 3.59. The van der Waals surface area contributed by atoms with Gasteiger partial charge in [-0.25, -0.2) is 0 Å². The molecule has 0 fully saturated rings. The number of thiocyanates is 1. The molecule has 0 bridgehead atoms. The van der Waals surface area contributed by atoms with Crippen molar-refractivity contribution in [3.05, 3.63) is 20.7 Å². The van der Waals surface area contributed by atoms with Crippen LogP contribution < -0.4 is 0 Å². The van der Waals surface area contributed by atoms with Gasteiger partial charge in [0.05, 0.1) is 9.83 Å². The number of thioether (sulfide) groups is 1. The van der Waals surface area contributed by atoms with Crippen LogP contribution in [0.1, 0.15) is 26.7 Å². The van der Waals surface area contributed by atoms with Gasteiger partial charge in [0.25, 0.3) is 5.70 Å². The summed E-state index contributed by atoms with van der Waals surface area (Å²) in [4.78, 5) is 10.6. The Hall–Kier alpha value is -1.02. The van der Waals surface area contributed by atoms with E-state index in [2.05, 4.69) is 0 Å². The van der Waals surface area contributed by atoms with Crippen LogP contribution in [0.2, 0.25) is 0 Å². The van der Waals surface area contributed by atoms with Crippen molar-refractivity contribution in [1.29, 1.82) is 5.26 Å². The summed E-state index contributed by atoms with van der Waals surface area (Å²) in [5, 5.41) is 20.6. The molecule has 0 radical (unpaired) electrons. The molecule has 5 heteroatoms. The van der Waals surface area contributed by atoms with Gasteiger partial charge in [-0.15, -0.1) is 0 Å². The number of nitro groups is 1. The van der Waals surface area contributed by atoms with E-state index < -0.39 is 4.92 Å². The monoisotopic (exact) mass is 186 g/mol. The summed E-state index contributed by atoms with van der Waals surface area (Å²) in [6, 6.07) is 0. The van der Waals surface area contributed by atoms with E-state index in [9.17, 15) is 10.1 Å². The molecule has 0 aliphatic rings. The highest BCUT2D eigenvalue weighted by Gasteiger charge is 2.14. The lowest BCUT2D eigenvalue weighted by atomic mass is 10.3. The molecule has 0 rings (SSSR count). The Morgan fingerprint density at radius 2 is 2.17 bits per heavy atom. The molecule has 0 heterocycles. The average molecular weight is 186 g/mol. The molecular formula is C7H10N2O2S. The number of rotatable bonds is 4. The van der Waals surface area contributed by atoms with Crippen LogP contribution >= 0.6 is 11.8 Å². The summed E-state index contributed by atoms with van der Waals surface area (Å²) < 4.78 is 0. The topological polar surface area (TPSA) is 66.9 Å². The quantitative estimate of drug-likeness (QED) is 0.384. The van der Waals surface area contributed by atoms with Gasteiger partial charge in [0.1, 0.15) is 5.40 Å². The zero-order valence-electron chi connectivity index (χ0n) is 7.03. The Balaban J connectivity index is 4.76. The van der Waals surface area contributed by atoms with Gasteiger partial charge in [-0.05, 0) is 18.2 Å². The molecule has 0 unspecified atom stereocenters. The van der Waals surface area contributed by atoms with Gasteiger partial charge in [-0.1, -0.05) is 13.8 Å². The largest absolute Gasteiger partial charge is 0.259 e. The zero-order valence-corrected chi connectivity index (χ0v) is 7.85. The van der Waals surface area contributed by atoms with Gasteiger partial charge in [-0.3, -0.25) is 10.1 Å². The van der Waals surface area contributed by atoms with E-state index in [-0.39, 0.29) is 5.70 Å². The fourth-order valence-corrected chi connectivity index (χ4v) is 1.41. The van der Waals surface area contributed by atoms with Gasteiger partial charge in [0, 0.05) is 6.42 Å². The van der Waals surface area contributed by atoms with E-state index in [1.807, 2.05) is 5.40 Å². The Morgan fingerprint density at radius 3 is 2.42 bits per heavy atom. The van der Waals surface area contributed by atoms with Crippen LogP contribution in [-0.2, 0) is 0 Å². The third-order valence-corrected chi connectivity index (χ3v) is 2.23. The normalized spacial score (nSPS) is 11.8. The SMILES string of the molecule is CC/C(SC#N)=C(/CC)[N+](=O)[O-]. The van der Waals surface area contributed by atoms with Crippen molar-refractivity contribution < 1.29 is 4.92 Å². The second kappa shape index (κ2) is 5.61. The van der Waals surface area contributed by atoms with E-state index in [0.717, 1.165) is 11.8 Å². The summed E-state index contributed by atoms with van der Waals surface area (Å²) in [5.74, 6) is 0. The number of nitrogens with zero attached hydrogens (tertiary/aromatic N) is 2. The molecule has 12 heavy (non-hydrogen) atoms. The van der Waals surface area contributed by atoms with Crippen LogP contribution in [0.25, 0.3) is 0 Å². The number of allylic oxidation sites excluding steroid dienone is 2. The lowest BCUT2D eigenvalue weighted by molar-refractivity contribution is -0.428. The number of nitriles is 1. The average Bonchev–Trinajstić information content (AvgIpc) is 2.03. The minimum absolute atomic E-state index is 0.157. The van der Waals surface area contributed by atoms with Crippen molar-refractivity contribution in [1.82, 2.24) is 0 Å². The van der Waals surface area contributed by atoms with Crippen molar-refractivity contribution in [3.8, 4) is 5.40 Å². The zero-order chi connectivity index (χ0) is 9.56. The molecule has 4 nitrogen and oxygen atoms in total. The van der Waals surface area contributed by atoms with E-state index in [4.69, 9.17) is 5.26 Å². The third-order valence-electron chi connectivity index (χ3n) is 1.37. The Labute approximate surface area is 75.4 Å². The lowest BCUT2D eigenvalue weighted by Crippen LogP contribution is -2.00. The molecule has 0 aliphatic heterocycles.